The molecule has 15 heavy (non-hydrogen) atoms. The third-order valence-electron chi connectivity index (χ3n) is 1.91. The van der Waals surface area contributed by atoms with E-state index in [1.54, 1.807) is 0 Å². The summed E-state index contributed by atoms with van der Waals surface area (Å²) in [6.45, 7) is -0.575. The Morgan fingerprint density at radius 3 is 2.80 bits per heavy atom. The topological polar surface area (TPSA) is 92.8 Å². The number of methoxy groups -OCH3 is 1. The molecule has 82 valence electrons. The molecule has 0 aliphatic carbocycles. The van der Waals surface area contributed by atoms with E-state index in [4.69, 9.17) is 4.74 Å². The fourth-order valence-corrected chi connectivity index (χ4v) is 1.15. The Balaban J connectivity index is 2.90. The van der Waals surface area contributed by atoms with E-state index in [0.29, 0.717) is 5.56 Å². The zero-order valence-corrected chi connectivity index (χ0v) is 8.08. The molecule has 0 saturated carbocycles. The molecule has 0 fully saturated rings. The van der Waals surface area contributed by atoms with Gasteiger partial charge in [-0.3, -0.25) is 10.1 Å². The molecule has 0 amide bonds. The number of benzene rings is 1. The second-order valence-corrected chi connectivity index (χ2v) is 2.96. The number of rotatable bonds is 4. The lowest BCUT2D eigenvalue weighted by atomic mass is 10.1. The number of ether oxygens (including phenoxy) is 1. The highest BCUT2D eigenvalue weighted by Gasteiger charge is 2.15. The van der Waals surface area contributed by atoms with Crippen molar-refractivity contribution in [2.45, 2.75) is 6.10 Å². The molecule has 1 aromatic carbocycles. The summed E-state index contributed by atoms with van der Waals surface area (Å²) in [6, 6.07) is 4.09. The standard InChI is InChI=1S/C9H11NO5/c1-15-9-4-6(2-3-7(9)11)8(12)5-10(13)14/h2-4,8,11-12H,5H2,1H3/t8-/m1/s1. The minimum absolute atomic E-state index is 0.0745. The Morgan fingerprint density at radius 1 is 1.60 bits per heavy atom. The largest absolute Gasteiger partial charge is 0.504 e. The fourth-order valence-electron chi connectivity index (χ4n) is 1.15. The summed E-state index contributed by atoms with van der Waals surface area (Å²) >= 11 is 0. The predicted molar refractivity (Wildman–Crippen MR) is 51.5 cm³/mol. The van der Waals surface area contributed by atoms with Gasteiger partial charge in [0.25, 0.3) is 0 Å². The van der Waals surface area contributed by atoms with E-state index in [1.807, 2.05) is 0 Å². The van der Waals surface area contributed by atoms with E-state index in [0.717, 1.165) is 0 Å². The van der Waals surface area contributed by atoms with Crippen LogP contribution in [0.15, 0.2) is 18.2 Å². The van der Waals surface area contributed by atoms with E-state index in [-0.39, 0.29) is 11.5 Å². The number of hydrogen-bond donors (Lipinski definition) is 2. The number of nitrogens with zero attached hydrogens (tertiary/aromatic N) is 1. The van der Waals surface area contributed by atoms with Crippen LogP contribution in [-0.4, -0.2) is 28.8 Å². The van der Waals surface area contributed by atoms with Gasteiger partial charge in [-0.05, 0) is 17.7 Å². The van der Waals surface area contributed by atoms with Gasteiger partial charge in [0.15, 0.2) is 11.5 Å². The van der Waals surface area contributed by atoms with Gasteiger partial charge >= 0.3 is 0 Å². The first-order valence-electron chi connectivity index (χ1n) is 4.21. The highest BCUT2D eigenvalue weighted by atomic mass is 16.6. The smallest absolute Gasteiger partial charge is 0.233 e. The van der Waals surface area contributed by atoms with Gasteiger partial charge in [-0.2, -0.15) is 0 Å². The van der Waals surface area contributed by atoms with Gasteiger partial charge in [-0.15, -0.1) is 0 Å². The van der Waals surface area contributed by atoms with Crippen LogP contribution in [0.4, 0.5) is 0 Å². The first kappa shape index (κ1) is 11.3. The average molecular weight is 213 g/mol. The molecular weight excluding hydrogens is 202 g/mol. The zero-order valence-electron chi connectivity index (χ0n) is 8.08. The monoisotopic (exact) mass is 213 g/mol. The van der Waals surface area contributed by atoms with Crippen LogP contribution in [0.5, 0.6) is 11.5 Å². The molecule has 0 unspecified atom stereocenters. The molecule has 6 heteroatoms. The van der Waals surface area contributed by atoms with E-state index < -0.39 is 17.6 Å². The molecule has 0 bridgehead atoms. The van der Waals surface area contributed by atoms with Crippen molar-refractivity contribution in [2.75, 3.05) is 13.7 Å². The average Bonchev–Trinajstić information content (AvgIpc) is 2.17. The van der Waals surface area contributed by atoms with Crippen LogP contribution in [0.3, 0.4) is 0 Å². The normalized spacial score (nSPS) is 12.1. The van der Waals surface area contributed by atoms with E-state index in [2.05, 4.69) is 0 Å². The summed E-state index contributed by atoms with van der Waals surface area (Å²) in [6.07, 6.45) is -1.20. The van der Waals surface area contributed by atoms with Crippen molar-refractivity contribution in [1.29, 1.82) is 0 Å². The maximum Gasteiger partial charge on any atom is 0.233 e. The zero-order chi connectivity index (χ0) is 11.4. The van der Waals surface area contributed by atoms with Crippen molar-refractivity contribution >= 4 is 0 Å². The van der Waals surface area contributed by atoms with Gasteiger partial charge in [0, 0.05) is 4.92 Å². The molecule has 0 saturated heterocycles. The predicted octanol–water partition coefficient (Wildman–Crippen LogP) is 0.711. The molecule has 0 aliphatic rings. The highest BCUT2D eigenvalue weighted by Crippen LogP contribution is 2.28. The van der Waals surface area contributed by atoms with Crippen molar-refractivity contribution in [2.24, 2.45) is 0 Å². The van der Waals surface area contributed by atoms with Crippen molar-refractivity contribution in [3.8, 4) is 11.5 Å². The number of nitro groups is 1. The van der Waals surface area contributed by atoms with Crippen LogP contribution in [0.25, 0.3) is 0 Å². The number of phenolic OH excluding ortho intramolecular Hbond substituents is 1. The Hall–Kier alpha value is -1.82. The minimum Gasteiger partial charge on any atom is -0.504 e. The van der Waals surface area contributed by atoms with Gasteiger partial charge in [0.1, 0.15) is 6.10 Å². The van der Waals surface area contributed by atoms with Crippen molar-refractivity contribution in [3.63, 3.8) is 0 Å². The summed E-state index contributed by atoms with van der Waals surface area (Å²) in [4.78, 5) is 9.56. The summed E-state index contributed by atoms with van der Waals surface area (Å²) in [7, 11) is 1.36. The van der Waals surface area contributed by atoms with Gasteiger partial charge in [-0.1, -0.05) is 6.07 Å². The number of phenols is 1. The minimum atomic E-state index is -1.20. The highest BCUT2D eigenvalue weighted by molar-refractivity contribution is 5.42. The van der Waals surface area contributed by atoms with Crippen molar-refractivity contribution in [3.05, 3.63) is 33.9 Å². The Morgan fingerprint density at radius 2 is 2.27 bits per heavy atom. The second-order valence-electron chi connectivity index (χ2n) is 2.96. The first-order valence-corrected chi connectivity index (χ1v) is 4.21. The molecule has 1 aromatic rings. The van der Waals surface area contributed by atoms with E-state index in [9.17, 15) is 20.3 Å². The SMILES string of the molecule is COc1cc([C@H](O)C[N+](=O)[O-])ccc1O. The molecule has 0 spiro atoms. The molecule has 6 nitrogen and oxygen atoms in total. The van der Waals surface area contributed by atoms with Crippen LogP contribution >= 0.6 is 0 Å². The quantitative estimate of drug-likeness (QED) is 0.567. The lowest BCUT2D eigenvalue weighted by Gasteiger charge is -2.09. The van der Waals surface area contributed by atoms with Crippen LogP contribution in [-0.2, 0) is 0 Å². The van der Waals surface area contributed by atoms with Crippen LogP contribution in [0.2, 0.25) is 0 Å². The first-order chi connectivity index (χ1) is 7.04. The third-order valence-corrected chi connectivity index (χ3v) is 1.91. The maximum absolute atomic E-state index is 10.2. The lowest BCUT2D eigenvalue weighted by molar-refractivity contribution is -0.491. The second kappa shape index (κ2) is 4.61. The molecule has 1 rings (SSSR count). The molecular formula is C9H11NO5. The number of aromatic hydroxyl groups is 1. The van der Waals surface area contributed by atoms with Gasteiger partial charge in [-0.25, -0.2) is 0 Å². The van der Waals surface area contributed by atoms with Crippen LogP contribution < -0.4 is 4.74 Å². The summed E-state index contributed by atoms with van der Waals surface area (Å²) in [5, 5.41) is 28.9. The molecule has 0 radical (unpaired) electrons. The molecule has 1 atom stereocenters. The van der Waals surface area contributed by atoms with Gasteiger partial charge < -0.3 is 14.9 Å². The summed E-state index contributed by atoms with van der Waals surface area (Å²) in [5.74, 6) is 0.101. The lowest BCUT2D eigenvalue weighted by Crippen LogP contribution is -2.11. The third kappa shape index (κ3) is 2.81. The van der Waals surface area contributed by atoms with Crippen molar-refractivity contribution < 1.29 is 19.9 Å². The molecule has 0 aliphatic heterocycles. The van der Waals surface area contributed by atoms with Crippen LogP contribution in [0.1, 0.15) is 11.7 Å². The number of aliphatic hydroxyl groups excluding tert-OH is 1. The van der Waals surface area contributed by atoms with E-state index in [1.165, 1.54) is 25.3 Å². The van der Waals surface area contributed by atoms with Crippen LogP contribution in [0, 0.1) is 10.1 Å². The maximum atomic E-state index is 10.2. The van der Waals surface area contributed by atoms with Gasteiger partial charge in [0.05, 0.1) is 7.11 Å². The number of hydrogen-bond acceptors (Lipinski definition) is 5. The van der Waals surface area contributed by atoms with Crippen molar-refractivity contribution in [1.82, 2.24) is 0 Å². The Kier molecular flexibility index (Phi) is 3.46. The van der Waals surface area contributed by atoms with Gasteiger partial charge in [0.2, 0.25) is 6.54 Å². The Bertz CT molecular complexity index is 366. The Labute approximate surface area is 85.9 Å². The summed E-state index contributed by atoms with van der Waals surface area (Å²) < 4.78 is 4.81. The molecule has 0 heterocycles. The number of aliphatic hydroxyl groups is 1. The van der Waals surface area contributed by atoms with E-state index >= 15 is 0 Å². The molecule has 2 N–H and O–H groups in total. The molecule has 0 aromatic heterocycles. The summed E-state index contributed by atoms with van der Waals surface area (Å²) in [5.41, 5.74) is 0.335. The fraction of sp³-hybridized carbons (Fsp3) is 0.333.